The van der Waals surface area contributed by atoms with Gasteiger partial charge in [-0.2, -0.15) is 0 Å². The lowest BCUT2D eigenvalue weighted by atomic mass is 9.95. The largest absolute Gasteiger partial charge is 0.486 e. The Hall–Kier alpha value is -3.34. The van der Waals surface area contributed by atoms with Gasteiger partial charge in [0.2, 0.25) is 11.8 Å². The second kappa shape index (κ2) is 8.30. The highest BCUT2D eigenvalue weighted by atomic mass is 32.2. The number of pyridine rings is 2. The third kappa shape index (κ3) is 4.07. The van der Waals surface area contributed by atoms with Crippen LogP contribution >= 0.6 is 0 Å². The molecule has 1 aliphatic rings. The summed E-state index contributed by atoms with van der Waals surface area (Å²) in [5.74, 6) is -0.662. The molecule has 0 saturated heterocycles. The van der Waals surface area contributed by atoms with E-state index in [0.29, 0.717) is 23.7 Å². The summed E-state index contributed by atoms with van der Waals surface area (Å²) in [5, 5.41) is 0.367. The van der Waals surface area contributed by atoms with Gasteiger partial charge >= 0.3 is 0 Å². The maximum atomic E-state index is 13.2. The number of aromatic nitrogens is 2. The second-order valence-corrected chi connectivity index (χ2v) is 8.92. The van der Waals surface area contributed by atoms with Crippen molar-refractivity contribution in [2.24, 2.45) is 0 Å². The second-order valence-electron chi connectivity index (χ2n) is 7.27. The number of benzene rings is 1. The summed E-state index contributed by atoms with van der Waals surface area (Å²) in [5.41, 5.74) is -0.549. The third-order valence-electron chi connectivity index (χ3n) is 5.24. The molecule has 0 aliphatic heterocycles. The molecule has 1 N–H and O–H groups in total. The van der Waals surface area contributed by atoms with Crippen LogP contribution in [-0.4, -0.2) is 44.4 Å². The van der Waals surface area contributed by atoms with Gasteiger partial charge in [-0.3, -0.25) is 9.78 Å². The lowest BCUT2D eigenvalue weighted by molar-refractivity contribution is -0.121. The molecule has 0 bridgehead atoms. The highest BCUT2D eigenvalue weighted by Crippen LogP contribution is 2.52. The van der Waals surface area contributed by atoms with Gasteiger partial charge in [-0.15, -0.1) is 0 Å². The number of methoxy groups -OCH3 is 1. The zero-order valence-electron chi connectivity index (χ0n) is 16.9. The molecule has 32 heavy (non-hydrogen) atoms. The number of fused-ring (bicyclic) bond motifs is 1. The van der Waals surface area contributed by atoms with Gasteiger partial charge in [0, 0.05) is 23.2 Å². The van der Waals surface area contributed by atoms with Gasteiger partial charge in [0.05, 0.1) is 29.1 Å². The van der Waals surface area contributed by atoms with E-state index >= 15 is 0 Å². The number of alkyl halides is 2. The topological polar surface area (TPSA) is 107 Å². The number of carbonyl (C=O) groups is 1. The lowest BCUT2D eigenvalue weighted by Crippen LogP contribution is -2.39. The van der Waals surface area contributed by atoms with E-state index in [1.807, 2.05) is 0 Å². The highest BCUT2D eigenvalue weighted by Gasteiger charge is 2.54. The van der Waals surface area contributed by atoms with E-state index in [4.69, 9.17) is 9.47 Å². The van der Waals surface area contributed by atoms with E-state index in [1.165, 1.54) is 37.7 Å². The fourth-order valence-corrected chi connectivity index (χ4v) is 4.77. The van der Waals surface area contributed by atoms with Gasteiger partial charge in [-0.25, -0.2) is 26.9 Å². The summed E-state index contributed by atoms with van der Waals surface area (Å²) in [6.07, 6.45) is 0.616. The molecule has 1 fully saturated rings. The SMILES string of the molecule is COc1cc(C2(C(=O)NS(=O)(=O)c3cccc4ncccc34)CC2)c(OCC(F)F)cn1. The number of ether oxygens (including phenoxy) is 2. The number of nitrogens with one attached hydrogen (secondary N) is 1. The average molecular weight is 463 g/mol. The smallest absolute Gasteiger partial charge is 0.272 e. The van der Waals surface area contributed by atoms with E-state index in [2.05, 4.69) is 14.7 Å². The van der Waals surface area contributed by atoms with Crippen LogP contribution in [0.1, 0.15) is 18.4 Å². The molecule has 2 aromatic heterocycles. The van der Waals surface area contributed by atoms with Crippen LogP contribution in [0.25, 0.3) is 10.9 Å². The predicted molar refractivity (Wildman–Crippen MR) is 110 cm³/mol. The molecule has 0 radical (unpaired) electrons. The van der Waals surface area contributed by atoms with E-state index in [-0.39, 0.29) is 22.1 Å². The zero-order valence-corrected chi connectivity index (χ0v) is 17.7. The van der Waals surface area contributed by atoms with Crippen molar-refractivity contribution in [1.82, 2.24) is 14.7 Å². The first-order chi connectivity index (χ1) is 15.3. The molecule has 4 rings (SSSR count). The highest BCUT2D eigenvalue weighted by molar-refractivity contribution is 7.90. The molecular formula is C21H19F2N3O5S. The Morgan fingerprint density at radius 2 is 2.00 bits per heavy atom. The van der Waals surface area contributed by atoms with Gasteiger partial charge in [0.25, 0.3) is 16.4 Å². The van der Waals surface area contributed by atoms with Crippen molar-refractivity contribution in [3.05, 3.63) is 54.4 Å². The fraction of sp³-hybridized carbons (Fsp3) is 0.286. The van der Waals surface area contributed by atoms with Gasteiger partial charge in [0.1, 0.15) is 12.4 Å². The fourth-order valence-electron chi connectivity index (χ4n) is 3.50. The minimum Gasteiger partial charge on any atom is -0.486 e. The summed E-state index contributed by atoms with van der Waals surface area (Å²) < 4.78 is 63.8. The summed E-state index contributed by atoms with van der Waals surface area (Å²) in [6.45, 7) is -0.889. The average Bonchev–Trinajstić information content (AvgIpc) is 3.59. The molecule has 1 saturated carbocycles. The lowest BCUT2D eigenvalue weighted by Gasteiger charge is -2.20. The van der Waals surface area contributed by atoms with Crippen LogP contribution in [0.15, 0.2) is 53.7 Å². The van der Waals surface area contributed by atoms with Crippen molar-refractivity contribution < 1.29 is 31.5 Å². The number of rotatable bonds is 8. The third-order valence-corrected chi connectivity index (χ3v) is 6.63. The van der Waals surface area contributed by atoms with Crippen LogP contribution < -0.4 is 14.2 Å². The Balaban J connectivity index is 1.68. The van der Waals surface area contributed by atoms with Crippen molar-refractivity contribution >= 4 is 26.8 Å². The van der Waals surface area contributed by atoms with Crippen LogP contribution in [0.4, 0.5) is 8.78 Å². The minimum absolute atomic E-state index is 0.0227. The summed E-state index contributed by atoms with van der Waals surface area (Å²) in [6, 6.07) is 9.17. The number of sulfonamides is 1. The van der Waals surface area contributed by atoms with Crippen molar-refractivity contribution in [2.45, 2.75) is 29.6 Å². The maximum absolute atomic E-state index is 13.2. The molecule has 1 amide bonds. The molecule has 0 spiro atoms. The maximum Gasteiger partial charge on any atom is 0.272 e. The van der Waals surface area contributed by atoms with E-state index in [1.54, 1.807) is 18.2 Å². The van der Waals surface area contributed by atoms with Crippen molar-refractivity contribution in [2.75, 3.05) is 13.7 Å². The van der Waals surface area contributed by atoms with Crippen molar-refractivity contribution in [3.63, 3.8) is 0 Å². The number of hydrogen-bond donors (Lipinski definition) is 1. The monoisotopic (exact) mass is 463 g/mol. The van der Waals surface area contributed by atoms with Gasteiger partial charge in [0.15, 0.2) is 0 Å². The number of amides is 1. The first-order valence-corrected chi connectivity index (χ1v) is 11.1. The molecule has 3 aromatic rings. The van der Waals surface area contributed by atoms with Crippen LogP contribution in [0.5, 0.6) is 11.6 Å². The van der Waals surface area contributed by atoms with Crippen molar-refractivity contribution in [3.8, 4) is 11.6 Å². The molecule has 2 heterocycles. The molecule has 0 atom stereocenters. The van der Waals surface area contributed by atoms with Gasteiger partial charge in [-0.1, -0.05) is 6.07 Å². The Morgan fingerprint density at radius 1 is 1.22 bits per heavy atom. The summed E-state index contributed by atoms with van der Waals surface area (Å²) in [4.78, 5) is 21.2. The first-order valence-electron chi connectivity index (χ1n) is 9.63. The summed E-state index contributed by atoms with van der Waals surface area (Å²) >= 11 is 0. The van der Waals surface area contributed by atoms with E-state index in [9.17, 15) is 22.0 Å². The van der Waals surface area contributed by atoms with Crippen LogP contribution in [0, 0.1) is 0 Å². The van der Waals surface area contributed by atoms with E-state index in [0.717, 1.165) is 0 Å². The van der Waals surface area contributed by atoms with Crippen LogP contribution in [0.3, 0.4) is 0 Å². The Morgan fingerprint density at radius 3 is 2.69 bits per heavy atom. The predicted octanol–water partition coefficient (Wildman–Crippen LogP) is 2.82. The minimum atomic E-state index is -4.24. The quantitative estimate of drug-likeness (QED) is 0.547. The first kappa shape index (κ1) is 21.9. The number of nitrogens with zero attached hydrogens (tertiary/aromatic N) is 2. The Kier molecular flexibility index (Phi) is 5.68. The summed E-state index contributed by atoms with van der Waals surface area (Å²) in [7, 11) is -2.87. The molecule has 1 aliphatic carbocycles. The molecule has 1 aromatic carbocycles. The zero-order chi connectivity index (χ0) is 22.9. The van der Waals surface area contributed by atoms with Gasteiger partial charge < -0.3 is 9.47 Å². The Bertz CT molecular complexity index is 1270. The molecule has 0 unspecified atom stereocenters. The van der Waals surface area contributed by atoms with E-state index < -0.39 is 34.4 Å². The molecule has 11 heteroatoms. The molecule has 8 nitrogen and oxygen atoms in total. The molecular weight excluding hydrogens is 444 g/mol. The number of carbonyl (C=O) groups excluding carboxylic acids is 1. The van der Waals surface area contributed by atoms with Crippen LogP contribution in [-0.2, 0) is 20.2 Å². The standard InChI is InChI=1S/C21H19F2N3O5S/c1-30-19-10-14(16(11-25-19)31-12-18(22)23)21(7-8-21)20(27)26-32(28,29)17-6-2-5-15-13(17)4-3-9-24-15/h2-6,9-11,18H,7-8,12H2,1H3,(H,26,27). The Labute approximate surface area is 182 Å². The number of halogens is 2. The molecule has 168 valence electrons. The van der Waals surface area contributed by atoms with Crippen molar-refractivity contribution in [1.29, 1.82) is 0 Å². The number of hydrogen-bond acceptors (Lipinski definition) is 7. The van der Waals surface area contributed by atoms with Gasteiger partial charge in [-0.05, 0) is 37.1 Å². The van der Waals surface area contributed by atoms with Crippen LogP contribution in [0.2, 0.25) is 0 Å². The normalized spacial score (nSPS) is 14.9.